The minimum absolute atomic E-state index is 0.347. The molecule has 2 aromatic carbocycles. The maximum absolute atomic E-state index is 13.4. The number of carboxylic acids is 1. The average Bonchev–Trinajstić information content (AvgIpc) is 3.36. The van der Waals surface area contributed by atoms with Crippen LogP contribution in [-0.4, -0.2) is 76.7 Å². The number of hydrogen-bond donors (Lipinski definition) is 2. The molecule has 2 unspecified atom stereocenters. The van der Waals surface area contributed by atoms with Gasteiger partial charge in [0.15, 0.2) is 0 Å². The number of nitrogens with one attached hydrogen (secondary N) is 1. The summed E-state index contributed by atoms with van der Waals surface area (Å²) in [5, 5.41) is 13.1. The normalized spacial score (nSPS) is 20.9. The number of carboxylic acid groups (broad SMARTS) is 1. The SMILES string of the molecule is CSCCC(NC(=O)c1ccc(CN2CC(SC)C[C@H]2COC2CCCCC2)cc1-c1ccccc1C)C(=O)O. The van der Waals surface area contributed by atoms with E-state index in [1.165, 1.54) is 32.1 Å². The highest BCUT2D eigenvalue weighted by atomic mass is 32.2. The van der Waals surface area contributed by atoms with E-state index in [4.69, 9.17) is 4.74 Å². The third kappa shape index (κ3) is 8.28. The molecular formula is C32H44N2O4S2. The lowest BCUT2D eigenvalue weighted by molar-refractivity contribution is -0.139. The van der Waals surface area contributed by atoms with Gasteiger partial charge in [-0.3, -0.25) is 9.69 Å². The number of carbonyl (C=O) groups is 2. The van der Waals surface area contributed by atoms with Crippen molar-refractivity contribution in [2.45, 2.75) is 81.9 Å². The Morgan fingerprint density at radius 3 is 2.58 bits per heavy atom. The number of likely N-dealkylation sites (tertiary alicyclic amines) is 1. The minimum atomic E-state index is -1.00. The van der Waals surface area contributed by atoms with E-state index in [0.717, 1.165) is 48.4 Å². The number of thioether (sulfide) groups is 2. The molecule has 40 heavy (non-hydrogen) atoms. The van der Waals surface area contributed by atoms with Crippen LogP contribution >= 0.6 is 23.5 Å². The molecular weight excluding hydrogens is 540 g/mol. The zero-order chi connectivity index (χ0) is 28.5. The van der Waals surface area contributed by atoms with Crippen molar-refractivity contribution in [1.82, 2.24) is 10.2 Å². The van der Waals surface area contributed by atoms with Crippen molar-refractivity contribution in [3.05, 3.63) is 59.2 Å². The molecule has 1 saturated carbocycles. The Morgan fingerprint density at radius 2 is 1.88 bits per heavy atom. The molecule has 2 N–H and O–H groups in total. The molecule has 1 aliphatic heterocycles. The molecule has 2 aliphatic rings. The summed E-state index contributed by atoms with van der Waals surface area (Å²) in [5.41, 5.74) is 4.57. The van der Waals surface area contributed by atoms with Crippen molar-refractivity contribution in [2.24, 2.45) is 0 Å². The molecule has 1 aliphatic carbocycles. The first-order valence-corrected chi connectivity index (χ1v) is 17.2. The molecule has 0 bridgehead atoms. The number of ether oxygens (including phenoxy) is 1. The number of carbonyl (C=O) groups excluding carboxylic acids is 1. The van der Waals surface area contributed by atoms with Crippen molar-refractivity contribution in [3.63, 3.8) is 0 Å². The molecule has 2 fully saturated rings. The van der Waals surface area contributed by atoms with E-state index in [2.05, 4.69) is 22.5 Å². The molecule has 0 aromatic heterocycles. The fourth-order valence-electron chi connectivity index (χ4n) is 5.90. The number of amides is 1. The Morgan fingerprint density at radius 1 is 1.10 bits per heavy atom. The summed E-state index contributed by atoms with van der Waals surface area (Å²) in [6.45, 7) is 4.64. The van der Waals surface area contributed by atoms with E-state index in [1.54, 1.807) is 11.8 Å². The zero-order valence-corrected chi connectivity index (χ0v) is 25.7. The summed E-state index contributed by atoms with van der Waals surface area (Å²) < 4.78 is 6.42. The van der Waals surface area contributed by atoms with Crippen LogP contribution in [0.1, 0.15) is 66.4 Å². The molecule has 4 rings (SSSR count). The van der Waals surface area contributed by atoms with E-state index in [9.17, 15) is 14.7 Å². The van der Waals surface area contributed by atoms with Gasteiger partial charge >= 0.3 is 5.97 Å². The molecule has 1 amide bonds. The van der Waals surface area contributed by atoms with Crippen molar-refractivity contribution in [2.75, 3.05) is 31.4 Å². The largest absolute Gasteiger partial charge is 0.480 e. The summed E-state index contributed by atoms with van der Waals surface area (Å²) in [7, 11) is 0. The predicted octanol–water partition coefficient (Wildman–Crippen LogP) is 6.25. The molecule has 1 heterocycles. The summed E-state index contributed by atoms with van der Waals surface area (Å²) in [5.74, 6) is -0.685. The second-order valence-electron chi connectivity index (χ2n) is 11.1. The highest BCUT2D eigenvalue weighted by molar-refractivity contribution is 7.99. The fraction of sp³-hybridized carbons (Fsp3) is 0.562. The predicted molar refractivity (Wildman–Crippen MR) is 167 cm³/mol. The maximum Gasteiger partial charge on any atom is 0.326 e. The van der Waals surface area contributed by atoms with Crippen LogP contribution in [0.3, 0.4) is 0 Å². The van der Waals surface area contributed by atoms with E-state index < -0.39 is 12.0 Å². The van der Waals surface area contributed by atoms with Crippen LogP contribution in [0, 0.1) is 6.92 Å². The first kappa shape index (κ1) is 30.9. The highest BCUT2D eigenvalue weighted by Crippen LogP contribution is 2.32. The standard InChI is InChI=1S/C32H44N2O4S2/c1-22-9-7-8-12-27(22)29-17-23(13-14-28(29)31(35)33-30(32(36)37)15-16-39-2)19-34-20-26(40-3)18-24(34)21-38-25-10-5-4-6-11-25/h7-9,12-14,17,24-26,30H,4-6,10-11,15-16,18-21H2,1-3H3,(H,33,35)(H,36,37)/t24-,26?,30?/m0/s1. The van der Waals surface area contributed by atoms with Crippen LogP contribution in [0.5, 0.6) is 0 Å². The number of benzene rings is 2. The molecule has 1 saturated heterocycles. The van der Waals surface area contributed by atoms with Gasteiger partial charge < -0.3 is 15.2 Å². The van der Waals surface area contributed by atoms with E-state index in [-0.39, 0.29) is 5.91 Å². The quantitative estimate of drug-likeness (QED) is 0.288. The zero-order valence-electron chi connectivity index (χ0n) is 24.1. The monoisotopic (exact) mass is 584 g/mol. The Bertz CT molecular complexity index is 1140. The van der Waals surface area contributed by atoms with E-state index in [0.29, 0.717) is 35.1 Å². The first-order chi connectivity index (χ1) is 19.4. The lowest BCUT2D eigenvalue weighted by Gasteiger charge is -2.28. The van der Waals surface area contributed by atoms with Crippen molar-refractivity contribution < 1.29 is 19.4 Å². The van der Waals surface area contributed by atoms with Crippen LogP contribution in [-0.2, 0) is 16.1 Å². The molecule has 3 atom stereocenters. The molecule has 0 radical (unpaired) electrons. The number of nitrogens with zero attached hydrogens (tertiary/aromatic N) is 1. The smallest absolute Gasteiger partial charge is 0.326 e. The lowest BCUT2D eigenvalue weighted by atomic mass is 9.93. The van der Waals surface area contributed by atoms with Gasteiger partial charge in [-0.05, 0) is 85.3 Å². The highest BCUT2D eigenvalue weighted by Gasteiger charge is 2.33. The van der Waals surface area contributed by atoms with Gasteiger partial charge in [-0.15, -0.1) is 0 Å². The maximum atomic E-state index is 13.4. The van der Waals surface area contributed by atoms with Crippen LogP contribution in [0.2, 0.25) is 0 Å². The second-order valence-corrected chi connectivity index (χ2v) is 13.2. The van der Waals surface area contributed by atoms with Crippen molar-refractivity contribution >= 4 is 35.4 Å². The summed E-state index contributed by atoms with van der Waals surface area (Å²) in [6, 6.07) is 13.6. The van der Waals surface area contributed by atoms with Gasteiger partial charge in [0.2, 0.25) is 0 Å². The number of hydrogen-bond acceptors (Lipinski definition) is 6. The van der Waals surface area contributed by atoms with Gasteiger partial charge in [-0.1, -0.05) is 49.6 Å². The lowest BCUT2D eigenvalue weighted by Crippen LogP contribution is -2.41. The molecule has 218 valence electrons. The molecule has 8 heteroatoms. The second kappa shape index (κ2) is 15.3. The Labute approximate surface area is 248 Å². The number of aryl methyl sites for hydroxylation is 1. The summed E-state index contributed by atoms with van der Waals surface area (Å²) in [4.78, 5) is 27.8. The molecule has 6 nitrogen and oxygen atoms in total. The summed E-state index contributed by atoms with van der Waals surface area (Å²) >= 11 is 3.51. The Balaban J connectivity index is 1.56. The van der Waals surface area contributed by atoms with Gasteiger partial charge in [-0.2, -0.15) is 23.5 Å². The van der Waals surface area contributed by atoms with Crippen molar-refractivity contribution in [3.8, 4) is 11.1 Å². The van der Waals surface area contributed by atoms with E-state index in [1.807, 2.05) is 61.3 Å². The number of aliphatic carboxylic acids is 1. The third-order valence-corrected chi connectivity index (χ3v) is 9.92. The van der Waals surface area contributed by atoms with Crippen LogP contribution in [0.4, 0.5) is 0 Å². The third-order valence-electron chi connectivity index (χ3n) is 8.26. The Hall–Kier alpha value is -2.00. The summed E-state index contributed by atoms with van der Waals surface area (Å²) in [6.07, 6.45) is 12.3. The van der Waals surface area contributed by atoms with Crippen LogP contribution in [0.25, 0.3) is 11.1 Å². The average molecular weight is 585 g/mol. The topological polar surface area (TPSA) is 78.9 Å². The fourth-order valence-corrected chi connectivity index (χ4v) is 7.13. The first-order valence-electron chi connectivity index (χ1n) is 14.5. The van der Waals surface area contributed by atoms with Gasteiger partial charge in [0.1, 0.15) is 6.04 Å². The minimum Gasteiger partial charge on any atom is -0.480 e. The van der Waals surface area contributed by atoms with Gasteiger partial charge in [0, 0.05) is 29.9 Å². The molecule has 2 aromatic rings. The van der Waals surface area contributed by atoms with Gasteiger partial charge in [0.05, 0.1) is 12.7 Å². The van der Waals surface area contributed by atoms with E-state index >= 15 is 0 Å². The Kier molecular flexibility index (Phi) is 11.8. The molecule has 0 spiro atoms. The number of rotatable bonds is 13. The van der Waals surface area contributed by atoms with Crippen LogP contribution in [0.15, 0.2) is 42.5 Å². The van der Waals surface area contributed by atoms with Crippen molar-refractivity contribution in [1.29, 1.82) is 0 Å². The van der Waals surface area contributed by atoms with Gasteiger partial charge in [0.25, 0.3) is 5.91 Å². The van der Waals surface area contributed by atoms with Crippen LogP contribution < -0.4 is 5.32 Å². The van der Waals surface area contributed by atoms with Gasteiger partial charge in [-0.25, -0.2) is 4.79 Å².